The lowest BCUT2D eigenvalue weighted by Crippen LogP contribution is -2.41. The van der Waals surface area contributed by atoms with Gasteiger partial charge in [0.05, 0.1) is 16.6 Å². The van der Waals surface area contributed by atoms with Gasteiger partial charge in [-0.05, 0) is 22.0 Å². The summed E-state index contributed by atoms with van der Waals surface area (Å²) in [7, 11) is 1.37. The van der Waals surface area contributed by atoms with Crippen LogP contribution in [0.2, 0.25) is 0 Å². The molecule has 0 radical (unpaired) electrons. The number of nitrogens with zero attached hydrogens (tertiary/aromatic N) is 1. The lowest BCUT2D eigenvalue weighted by atomic mass is 10.1. The number of nitro benzene ring substituents is 1. The Hall–Kier alpha value is -2.07. The number of benzene rings is 1. The third-order valence-electron chi connectivity index (χ3n) is 2.67. The number of hydrogen-bond acceptors (Lipinski definition) is 5. The molecule has 0 bridgehead atoms. The van der Waals surface area contributed by atoms with E-state index in [1.807, 2.05) is 0 Å². The second-order valence-corrected chi connectivity index (χ2v) is 4.98. The van der Waals surface area contributed by atoms with Crippen LogP contribution in [0.25, 0.3) is 0 Å². The molecule has 1 amide bonds. The van der Waals surface area contributed by atoms with Crippen LogP contribution in [0.1, 0.15) is 16.8 Å². The molecule has 0 aliphatic heterocycles. The second-order valence-electron chi connectivity index (χ2n) is 4.19. The first-order chi connectivity index (χ1) is 10.3. The molecule has 10 heteroatoms. The van der Waals surface area contributed by atoms with Gasteiger partial charge in [-0.1, -0.05) is 0 Å². The van der Waals surface area contributed by atoms with Crippen LogP contribution in [0.5, 0.6) is 0 Å². The van der Waals surface area contributed by atoms with E-state index in [1.165, 1.54) is 7.11 Å². The number of rotatable bonds is 7. The van der Waals surface area contributed by atoms with E-state index in [4.69, 9.17) is 9.84 Å². The van der Waals surface area contributed by atoms with Gasteiger partial charge in [0.2, 0.25) is 0 Å². The lowest BCUT2D eigenvalue weighted by Gasteiger charge is -2.14. The molecule has 1 atom stereocenters. The quantitative estimate of drug-likeness (QED) is 0.550. The number of amides is 1. The number of hydrogen-bond donors (Lipinski definition) is 2. The number of carbonyl (C=O) groups excluding carboxylic acids is 1. The average Bonchev–Trinajstić information content (AvgIpc) is 2.44. The van der Waals surface area contributed by atoms with Crippen LogP contribution in [0, 0.1) is 15.9 Å². The lowest BCUT2D eigenvalue weighted by molar-refractivity contribution is -0.385. The van der Waals surface area contributed by atoms with E-state index in [-0.39, 0.29) is 23.1 Å². The van der Waals surface area contributed by atoms with Gasteiger partial charge in [-0.25, -0.2) is 9.18 Å². The van der Waals surface area contributed by atoms with Gasteiger partial charge in [-0.2, -0.15) is 0 Å². The summed E-state index contributed by atoms with van der Waals surface area (Å²) in [5.41, 5.74) is -0.996. The van der Waals surface area contributed by atoms with Crippen molar-refractivity contribution in [3.63, 3.8) is 0 Å². The minimum Gasteiger partial charge on any atom is -0.480 e. The maximum atomic E-state index is 13.4. The summed E-state index contributed by atoms with van der Waals surface area (Å²) in [4.78, 5) is 33.0. The van der Waals surface area contributed by atoms with Gasteiger partial charge in [-0.15, -0.1) is 0 Å². The Labute approximate surface area is 132 Å². The maximum absolute atomic E-state index is 13.4. The van der Waals surface area contributed by atoms with Crippen molar-refractivity contribution in [1.29, 1.82) is 0 Å². The van der Waals surface area contributed by atoms with Gasteiger partial charge in [-0.3, -0.25) is 14.9 Å². The fourth-order valence-corrected chi connectivity index (χ4v) is 2.16. The van der Waals surface area contributed by atoms with Gasteiger partial charge in [0.1, 0.15) is 16.3 Å². The normalized spacial score (nSPS) is 11.8. The third kappa shape index (κ3) is 4.46. The van der Waals surface area contributed by atoms with E-state index in [1.54, 1.807) is 0 Å². The van der Waals surface area contributed by atoms with E-state index >= 15 is 0 Å². The Balaban J connectivity index is 3.07. The van der Waals surface area contributed by atoms with E-state index in [0.717, 1.165) is 6.07 Å². The molecule has 1 aromatic carbocycles. The molecule has 2 N–H and O–H groups in total. The Morgan fingerprint density at radius 2 is 2.18 bits per heavy atom. The molecular formula is C12H12BrFN2O6. The molecule has 0 spiro atoms. The molecule has 1 unspecified atom stereocenters. The fourth-order valence-electron chi connectivity index (χ4n) is 1.60. The zero-order valence-electron chi connectivity index (χ0n) is 11.3. The van der Waals surface area contributed by atoms with Crippen molar-refractivity contribution in [2.45, 2.75) is 12.5 Å². The van der Waals surface area contributed by atoms with Gasteiger partial charge in [0, 0.05) is 20.1 Å². The summed E-state index contributed by atoms with van der Waals surface area (Å²) < 4.78 is 17.9. The van der Waals surface area contributed by atoms with Crippen molar-refractivity contribution in [2.75, 3.05) is 13.7 Å². The topological polar surface area (TPSA) is 119 Å². The van der Waals surface area contributed by atoms with Crippen molar-refractivity contribution in [2.24, 2.45) is 0 Å². The second kappa shape index (κ2) is 7.80. The largest absolute Gasteiger partial charge is 0.480 e. The number of methoxy groups -OCH3 is 1. The molecule has 0 fully saturated rings. The summed E-state index contributed by atoms with van der Waals surface area (Å²) in [5, 5.41) is 21.9. The molecular weight excluding hydrogens is 367 g/mol. The standard InChI is InChI=1S/C12H12BrFN2O6/c1-22-3-2-8(12(18)19)15-11(17)7-4-6(14)5-9(10(7)13)16(20)21/h4-5,8H,2-3H2,1H3,(H,15,17)(H,18,19). The number of carboxylic acids is 1. The first-order valence-electron chi connectivity index (χ1n) is 5.94. The number of halogens is 2. The first-order valence-corrected chi connectivity index (χ1v) is 6.73. The summed E-state index contributed by atoms with van der Waals surface area (Å²) in [6.45, 7) is 0.0850. The summed E-state index contributed by atoms with van der Waals surface area (Å²) >= 11 is 2.85. The van der Waals surface area contributed by atoms with E-state index in [0.29, 0.717) is 6.07 Å². The molecule has 0 saturated carbocycles. The average molecular weight is 379 g/mol. The zero-order chi connectivity index (χ0) is 16.9. The predicted octanol–water partition coefficient (Wildman–Crippen LogP) is 1.72. The Morgan fingerprint density at radius 3 is 2.68 bits per heavy atom. The molecule has 0 aliphatic carbocycles. The smallest absolute Gasteiger partial charge is 0.326 e. The van der Waals surface area contributed by atoms with Crippen LogP contribution in [0.15, 0.2) is 16.6 Å². The molecule has 1 aromatic rings. The van der Waals surface area contributed by atoms with Crippen molar-refractivity contribution in [1.82, 2.24) is 5.32 Å². The Kier molecular flexibility index (Phi) is 6.38. The number of aliphatic carboxylic acids is 1. The highest BCUT2D eigenvalue weighted by Crippen LogP contribution is 2.29. The SMILES string of the molecule is COCCC(NC(=O)c1cc(F)cc([N+](=O)[O-])c1Br)C(=O)O. The number of carboxylic acid groups (broad SMARTS) is 1. The Bertz CT molecular complexity index is 610. The highest BCUT2D eigenvalue weighted by Gasteiger charge is 2.25. The molecule has 1 rings (SSSR count). The third-order valence-corrected chi connectivity index (χ3v) is 3.51. The predicted molar refractivity (Wildman–Crippen MR) is 76.1 cm³/mol. The van der Waals surface area contributed by atoms with Crippen LogP contribution in [-0.4, -0.2) is 41.7 Å². The van der Waals surface area contributed by atoms with Crippen molar-refractivity contribution in [3.05, 3.63) is 38.1 Å². The molecule has 0 heterocycles. The van der Waals surface area contributed by atoms with Crippen LogP contribution >= 0.6 is 15.9 Å². The van der Waals surface area contributed by atoms with Crippen molar-refractivity contribution >= 4 is 33.5 Å². The van der Waals surface area contributed by atoms with Crippen LogP contribution in [0.4, 0.5) is 10.1 Å². The number of nitro groups is 1. The number of ether oxygens (including phenoxy) is 1. The molecule has 0 aliphatic rings. The van der Waals surface area contributed by atoms with Gasteiger partial charge >= 0.3 is 5.97 Å². The summed E-state index contributed by atoms with van der Waals surface area (Å²) in [6.07, 6.45) is -0.00734. The molecule has 8 nitrogen and oxygen atoms in total. The van der Waals surface area contributed by atoms with Crippen LogP contribution in [0.3, 0.4) is 0 Å². The number of nitrogens with one attached hydrogen (secondary N) is 1. The van der Waals surface area contributed by atoms with Crippen LogP contribution in [-0.2, 0) is 9.53 Å². The highest BCUT2D eigenvalue weighted by molar-refractivity contribution is 9.10. The fraction of sp³-hybridized carbons (Fsp3) is 0.333. The summed E-state index contributed by atoms with van der Waals surface area (Å²) in [5.74, 6) is -3.23. The van der Waals surface area contributed by atoms with Gasteiger partial charge in [0.25, 0.3) is 11.6 Å². The first kappa shape index (κ1) is 18.0. The van der Waals surface area contributed by atoms with E-state index in [9.17, 15) is 24.1 Å². The Morgan fingerprint density at radius 1 is 1.55 bits per heavy atom. The van der Waals surface area contributed by atoms with Crippen molar-refractivity contribution in [3.8, 4) is 0 Å². The highest BCUT2D eigenvalue weighted by atomic mass is 79.9. The minimum absolute atomic E-state index is 0.00734. The zero-order valence-corrected chi connectivity index (χ0v) is 12.9. The van der Waals surface area contributed by atoms with E-state index < -0.39 is 34.3 Å². The number of carbonyl (C=O) groups is 2. The summed E-state index contributed by atoms with van der Waals surface area (Å²) in [6, 6.07) is 0.170. The molecule has 0 saturated heterocycles. The molecule has 0 aromatic heterocycles. The minimum atomic E-state index is -1.30. The van der Waals surface area contributed by atoms with E-state index in [2.05, 4.69) is 21.2 Å². The molecule has 120 valence electrons. The molecule has 22 heavy (non-hydrogen) atoms. The van der Waals surface area contributed by atoms with Gasteiger partial charge in [0.15, 0.2) is 0 Å². The van der Waals surface area contributed by atoms with Gasteiger partial charge < -0.3 is 15.2 Å². The van der Waals surface area contributed by atoms with Crippen LogP contribution < -0.4 is 5.32 Å². The van der Waals surface area contributed by atoms with Crippen molar-refractivity contribution < 1.29 is 28.7 Å². The monoisotopic (exact) mass is 378 g/mol. The maximum Gasteiger partial charge on any atom is 0.326 e.